The number of halogens is 2. The first-order valence-corrected chi connectivity index (χ1v) is 7.13. The van der Waals surface area contributed by atoms with Crippen LogP contribution in [0.1, 0.15) is 5.56 Å². The number of hydrogen-bond acceptors (Lipinski definition) is 3. The summed E-state index contributed by atoms with van der Waals surface area (Å²) in [6, 6.07) is 9.35. The molecule has 0 heterocycles. The first kappa shape index (κ1) is 13.8. The maximum atomic E-state index is 13.0. The minimum absolute atomic E-state index is 0.0194. The predicted octanol–water partition coefficient (Wildman–Crippen LogP) is 3.56. The summed E-state index contributed by atoms with van der Waals surface area (Å²) in [5.41, 5.74) is 0.800. The number of hydrogen-bond donors (Lipinski definition) is 0. The van der Waals surface area contributed by atoms with Crippen molar-refractivity contribution in [2.45, 2.75) is 11.8 Å². The fourth-order valence-electron chi connectivity index (χ4n) is 1.46. The zero-order valence-electron chi connectivity index (χ0n) is 9.93. The molecule has 3 nitrogen and oxygen atoms in total. The SMILES string of the molecule is Cc1ccc(Cl)c(OS(=O)(=O)c2cccc(F)c2)c1. The summed E-state index contributed by atoms with van der Waals surface area (Å²) in [4.78, 5) is -0.259. The molecule has 0 saturated carbocycles. The van der Waals surface area contributed by atoms with Crippen molar-refractivity contribution in [1.82, 2.24) is 0 Å². The molecule has 0 saturated heterocycles. The Morgan fingerprint density at radius 3 is 2.58 bits per heavy atom. The molecule has 0 aliphatic rings. The standard InChI is InChI=1S/C13H10ClFO3S/c1-9-5-6-12(14)13(7-9)18-19(16,17)11-4-2-3-10(15)8-11/h2-8H,1H3. The van der Waals surface area contributed by atoms with E-state index < -0.39 is 15.9 Å². The van der Waals surface area contributed by atoms with Gasteiger partial charge in [0.15, 0.2) is 5.75 Å². The second-order valence-corrected chi connectivity index (χ2v) is 5.88. The first-order valence-electron chi connectivity index (χ1n) is 5.35. The van der Waals surface area contributed by atoms with Crippen LogP contribution in [0.3, 0.4) is 0 Å². The lowest BCUT2D eigenvalue weighted by molar-refractivity contribution is 0.484. The van der Waals surface area contributed by atoms with Crippen molar-refractivity contribution in [3.05, 3.63) is 58.9 Å². The number of aryl methyl sites for hydroxylation is 1. The lowest BCUT2D eigenvalue weighted by atomic mass is 10.2. The van der Waals surface area contributed by atoms with Crippen molar-refractivity contribution in [3.8, 4) is 5.75 Å². The first-order chi connectivity index (χ1) is 8.88. The lowest BCUT2D eigenvalue weighted by Gasteiger charge is -2.09. The van der Waals surface area contributed by atoms with Gasteiger partial charge in [-0.25, -0.2) is 4.39 Å². The van der Waals surface area contributed by atoms with E-state index in [1.54, 1.807) is 13.0 Å². The molecule has 0 bridgehead atoms. The largest absolute Gasteiger partial charge is 0.377 e. The third-order valence-corrected chi connectivity index (χ3v) is 3.91. The fraction of sp³-hybridized carbons (Fsp3) is 0.0769. The van der Waals surface area contributed by atoms with E-state index in [1.807, 2.05) is 0 Å². The van der Waals surface area contributed by atoms with Gasteiger partial charge in [0.05, 0.1) is 5.02 Å². The molecular weight excluding hydrogens is 291 g/mol. The van der Waals surface area contributed by atoms with Crippen molar-refractivity contribution in [2.75, 3.05) is 0 Å². The van der Waals surface area contributed by atoms with Crippen LogP contribution in [0, 0.1) is 12.7 Å². The van der Waals surface area contributed by atoms with Gasteiger partial charge in [0.25, 0.3) is 0 Å². The predicted molar refractivity (Wildman–Crippen MR) is 70.4 cm³/mol. The van der Waals surface area contributed by atoms with Crippen LogP contribution in [-0.4, -0.2) is 8.42 Å². The van der Waals surface area contributed by atoms with Gasteiger partial charge < -0.3 is 4.18 Å². The molecule has 0 aliphatic carbocycles. The van der Waals surface area contributed by atoms with Crippen LogP contribution in [-0.2, 0) is 10.1 Å². The molecule has 2 aromatic rings. The molecule has 0 atom stereocenters. The molecule has 100 valence electrons. The van der Waals surface area contributed by atoms with Gasteiger partial charge in [0.2, 0.25) is 0 Å². The fourth-order valence-corrected chi connectivity index (χ4v) is 2.64. The molecule has 0 fully saturated rings. The quantitative estimate of drug-likeness (QED) is 0.814. The molecule has 2 aromatic carbocycles. The molecule has 2 rings (SSSR count). The monoisotopic (exact) mass is 300 g/mol. The van der Waals surface area contributed by atoms with Crippen LogP contribution in [0.5, 0.6) is 5.75 Å². The van der Waals surface area contributed by atoms with Crippen LogP contribution in [0.15, 0.2) is 47.4 Å². The Kier molecular flexibility index (Phi) is 3.78. The molecule has 0 aromatic heterocycles. The van der Waals surface area contributed by atoms with Crippen molar-refractivity contribution >= 4 is 21.7 Å². The van der Waals surface area contributed by atoms with Crippen LogP contribution in [0.4, 0.5) is 4.39 Å². The maximum absolute atomic E-state index is 13.0. The summed E-state index contributed by atoms with van der Waals surface area (Å²) in [5.74, 6) is -0.633. The third-order valence-electron chi connectivity index (χ3n) is 2.37. The zero-order chi connectivity index (χ0) is 14.0. The van der Waals surface area contributed by atoms with Crippen LogP contribution >= 0.6 is 11.6 Å². The summed E-state index contributed by atoms with van der Waals surface area (Å²) < 4.78 is 41.9. The highest BCUT2D eigenvalue weighted by molar-refractivity contribution is 7.87. The zero-order valence-corrected chi connectivity index (χ0v) is 11.5. The molecule has 0 radical (unpaired) electrons. The van der Waals surface area contributed by atoms with Crippen molar-refractivity contribution < 1.29 is 17.0 Å². The van der Waals surface area contributed by atoms with Gasteiger partial charge in [0.1, 0.15) is 10.7 Å². The van der Waals surface area contributed by atoms with E-state index in [2.05, 4.69) is 0 Å². The van der Waals surface area contributed by atoms with E-state index in [-0.39, 0.29) is 15.7 Å². The van der Waals surface area contributed by atoms with E-state index in [4.69, 9.17) is 15.8 Å². The molecule has 0 unspecified atom stereocenters. The molecule has 6 heteroatoms. The van der Waals surface area contributed by atoms with Crippen LogP contribution < -0.4 is 4.18 Å². The molecule has 19 heavy (non-hydrogen) atoms. The Hall–Kier alpha value is -1.59. The normalized spacial score (nSPS) is 11.3. The second-order valence-electron chi connectivity index (χ2n) is 3.93. The van der Waals surface area contributed by atoms with Gasteiger partial charge in [-0.3, -0.25) is 0 Å². The molecule has 0 amide bonds. The van der Waals surface area contributed by atoms with Gasteiger partial charge in [0, 0.05) is 0 Å². The van der Waals surface area contributed by atoms with E-state index in [0.717, 1.165) is 17.7 Å². The second kappa shape index (κ2) is 5.19. The number of benzene rings is 2. The van der Waals surface area contributed by atoms with Crippen molar-refractivity contribution in [3.63, 3.8) is 0 Å². The molecule has 0 N–H and O–H groups in total. The average molecular weight is 301 g/mol. The Labute approximate surface area is 115 Å². The third kappa shape index (κ3) is 3.24. The average Bonchev–Trinajstić information content (AvgIpc) is 2.33. The van der Waals surface area contributed by atoms with Gasteiger partial charge >= 0.3 is 10.1 Å². The van der Waals surface area contributed by atoms with Crippen molar-refractivity contribution in [1.29, 1.82) is 0 Å². The van der Waals surface area contributed by atoms with Crippen LogP contribution in [0.25, 0.3) is 0 Å². The minimum atomic E-state index is -4.10. The van der Waals surface area contributed by atoms with E-state index in [1.165, 1.54) is 24.3 Å². The summed E-state index contributed by atoms with van der Waals surface area (Å²) >= 11 is 5.86. The Morgan fingerprint density at radius 1 is 1.16 bits per heavy atom. The highest BCUT2D eigenvalue weighted by atomic mass is 35.5. The smallest absolute Gasteiger partial charge is 0.339 e. The minimum Gasteiger partial charge on any atom is -0.377 e. The summed E-state index contributed by atoms with van der Waals surface area (Å²) in [5, 5.41) is 0.172. The Morgan fingerprint density at radius 2 is 1.89 bits per heavy atom. The van der Waals surface area contributed by atoms with Gasteiger partial charge in [-0.15, -0.1) is 0 Å². The van der Waals surface area contributed by atoms with E-state index >= 15 is 0 Å². The molecular formula is C13H10ClFO3S. The maximum Gasteiger partial charge on any atom is 0.339 e. The molecule has 0 spiro atoms. The van der Waals surface area contributed by atoms with Crippen LogP contribution in [0.2, 0.25) is 5.02 Å². The van der Waals surface area contributed by atoms with Gasteiger partial charge in [-0.1, -0.05) is 23.7 Å². The topological polar surface area (TPSA) is 43.4 Å². The summed E-state index contributed by atoms with van der Waals surface area (Å²) in [6.07, 6.45) is 0. The lowest BCUT2D eigenvalue weighted by Crippen LogP contribution is -2.10. The van der Waals surface area contributed by atoms with Gasteiger partial charge in [-0.2, -0.15) is 8.42 Å². The number of rotatable bonds is 3. The van der Waals surface area contributed by atoms with Crippen molar-refractivity contribution in [2.24, 2.45) is 0 Å². The van der Waals surface area contributed by atoms with E-state index in [9.17, 15) is 12.8 Å². The Bertz CT molecular complexity index is 714. The highest BCUT2D eigenvalue weighted by Gasteiger charge is 2.18. The van der Waals surface area contributed by atoms with E-state index in [0.29, 0.717) is 0 Å². The summed E-state index contributed by atoms with van der Waals surface area (Å²) in [6.45, 7) is 1.78. The highest BCUT2D eigenvalue weighted by Crippen LogP contribution is 2.28. The Balaban J connectivity index is 2.39. The molecule has 0 aliphatic heterocycles. The summed E-state index contributed by atoms with van der Waals surface area (Å²) in [7, 11) is -4.10. The van der Waals surface area contributed by atoms with Gasteiger partial charge in [-0.05, 0) is 42.8 Å².